The second-order valence-corrected chi connectivity index (χ2v) is 7.19. The molecule has 20 heavy (non-hydrogen) atoms. The molecule has 0 spiro atoms. The summed E-state index contributed by atoms with van der Waals surface area (Å²) in [6, 6.07) is 0.125. The van der Waals surface area contributed by atoms with E-state index in [1.54, 1.807) is 12.0 Å². The van der Waals surface area contributed by atoms with E-state index in [4.69, 9.17) is 15.4 Å². The number of nitrogens with one attached hydrogen (secondary N) is 1. The fourth-order valence-corrected chi connectivity index (χ4v) is 3.37. The highest BCUT2D eigenvalue weighted by Gasteiger charge is 2.36. The van der Waals surface area contributed by atoms with E-state index in [0.29, 0.717) is 13.2 Å². The number of halogens is 1. The van der Waals surface area contributed by atoms with Crippen molar-refractivity contribution in [2.45, 2.75) is 30.7 Å². The van der Waals surface area contributed by atoms with Gasteiger partial charge in [-0.25, -0.2) is 8.42 Å². The first kappa shape index (κ1) is 15.3. The summed E-state index contributed by atoms with van der Waals surface area (Å²) in [6.45, 7) is 2.29. The fraction of sp³-hybridized carbons (Fsp3) is 0.636. The molecule has 2 rings (SSSR count). The maximum Gasteiger partial charge on any atom is 0.276 e. The zero-order valence-corrected chi connectivity index (χ0v) is 12.8. The quantitative estimate of drug-likeness (QED) is 0.786. The molecule has 112 valence electrons. The van der Waals surface area contributed by atoms with Crippen LogP contribution >= 0.6 is 10.7 Å². The Bertz CT molecular complexity index is 609. The smallest absolute Gasteiger partial charge is 0.276 e. The number of aromatic amines is 1. The molecule has 0 unspecified atom stereocenters. The van der Waals surface area contributed by atoms with Crippen LogP contribution in [0, 0.1) is 6.92 Å². The number of carbonyl (C=O) groups is 1. The van der Waals surface area contributed by atoms with E-state index in [1.807, 2.05) is 0 Å². The van der Waals surface area contributed by atoms with Gasteiger partial charge in [0.05, 0.1) is 12.3 Å². The molecule has 1 aromatic heterocycles. The van der Waals surface area contributed by atoms with Crippen LogP contribution in [0.15, 0.2) is 4.90 Å². The van der Waals surface area contributed by atoms with Crippen molar-refractivity contribution in [3.8, 4) is 0 Å². The van der Waals surface area contributed by atoms with Gasteiger partial charge in [0.15, 0.2) is 5.69 Å². The molecule has 0 radical (unpaired) electrons. The minimum atomic E-state index is -4.03. The fourth-order valence-electron chi connectivity index (χ4n) is 2.02. The molecule has 0 aliphatic heterocycles. The van der Waals surface area contributed by atoms with Crippen LogP contribution in [-0.4, -0.2) is 55.7 Å². The van der Waals surface area contributed by atoms with Crippen molar-refractivity contribution in [3.63, 3.8) is 0 Å². The van der Waals surface area contributed by atoms with E-state index >= 15 is 0 Å². The summed E-state index contributed by atoms with van der Waals surface area (Å²) in [5.74, 6) is -0.437. The van der Waals surface area contributed by atoms with Gasteiger partial charge in [-0.1, -0.05) is 0 Å². The standard InChI is InChI=1S/C11H16ClN3O4S/c1-7-10(20(12,17)18)9(14-13-7)11(16)15(5-6-19-2)8-3-4-8/h8H,3-6H2,1-2H3,(H,13,14). The molecular formula is C11H16ClN3O4S. The summed E-state index contributed by atoms with van der Waals surface area (Å²) >= 11 is 0. The number of aromatic nitrogens is 2. The Balaban J connectivity index is 2.32. The van der Waals surface area contributed by atoms with Crippen LogP contribution in [0.3, 0.4) is 0 Å². The number of rotatable bonds is 6. The van der Waals surface area contributed by atoms with Gasteiger partial charge in [-0.15, -0.1) is 0 Å². The van der Waals surface area contributed by atoms with Gasteiger partial charge in [-0.05, 0) is 19.8 Å². The minimum Gasteiger partial charge on any atom is -0.383 e. The van der Waals surface area contributed by atoms with Crippen LogP contribution in [0.5, 0.6) is 0 Å². The number of H-pyrrole nitrogens is 1. The van der Waals surface area contributed by atoms with Crippen molar-refractivity contribution in [1.82, 2.24) is 15.1 Å². The molecule has 0 bridgehead atoms. The second kappa shape index (κ2) is 5.71. The second-order valence-electron chi connectivity index (χ2n) is 4.69. The monoisotopic (exact) mass is 321 g/mol. The summed E-state index contributed by atoms with van der Waals surface area (Å²) in [5.41, 5.74) is 0.103. The molecule has 0 saturated heterocycles. The largest absolute Gasteiger partial charge is 0.383 e. The normalized spacial score (nSPS) is 15.3. The number of nitrogens with zero attached hydrogens (tertiary/aromatic N) is 2. The molecule has 1 N–H and O–H groups in total. The van der Waals surface area contributed by atoms with Crippen molar-refractivity contribution in [2.75, 3.05) is 20.3 Å². The predicted octanol–water partition coefficient (Wildman–Crippen LogP) is 0.897. The van der Waals surface area contributed by atoms with E-state index in [2.05, 4.69) is 10.2 Å². The van der Waals surface area contributed by atoms with Gasteiger partial charge in [0.2, 0.25) is 0 Å². The van der Waals surface area contributed by atoms with Crippen LogP contribution in [0.2, 0.25) is 0 Å². The summed E-state index contributed by atoms with van der Waals surface area (Å²) in [6.07, 6.45) is 1.81. The number of hydrogen-bond acceptors (Lipinski definition) is 5. The Hall–Kier alpha value is -1.12. The topological polar surface area (TPSA) is 92.4 Å². The summed E-state index contributed by atoms with van der Waals surface area (Å²) in [4.78, 5) is 13.8. The molecule has 1 aliphatic carbocycles. The van der Waals surface area contributed by atoms with E-state index < -0.39 is 15.0 Å². The van der Waals surface area contributed by atoms with Crippen LogP contribution in [-0.2, 0) is 13.8 Å². The Morgan fingerprint density at radius 1 is 1.55 bits per heavy atom. The van der Waals surface area contributed by atoms with E-state index in [9.17, 15) is 13.2 Å². The van der Waals surface area contributed by atoms with Crippen molar-refractivity contribution in [2.24, 2.45) is 0 Å². The maximum atomic E-state index is 12.5. The van der Waals surface area contributed by atoms with Crippen molar-refractivity contribution in [1.29, 1.82) is 0 Å². The van der Waals surface area contributed by atoms with Crippen LogP contribution < -0.4 is 0 Å². The Labute approximate surface area is 121 Å². The maximum absolute atomic E-state index is 12.5. The molecule has 1 amide bonds. The highest BCUT2D eigenvalue weighted by Crippen LogP contribution is 2.30. The first-order valence-corrected chi connectivity index (χ1v) is 8.46. The first-order chi connectivity index (χ1) is 9.36. The third-order valence-electron chi connectivity index (χ3n) is 3.12. The third-order valence-corrected chi connectivity index (χ3v) is 4.57. The molecule has 1 aromatic rings. The summed E-state index contributed by atoms with van der Waals surface area (Å²) in [7, 11) is 2.89. The number of methoxy groups -OCH3 is 1. The van der Waals surface area contributed by atoms with Gasteiger partial charge in [0, 0.05) is 30.4 Å². The Kier molecular flexibility index (Phi) is 4.36. The lowest BCUT2D eigenvalue weighted by atomic mass is 10.3. The van der Waals surface area contributed by atoms with Gasteiger partial charge in [0.1, 0.15) is 4.90 Å². The van der Waals surface area contributed by atoms with Crippen molar-refractivity contribution < 1.29 is 17.9 Å². The molecule has 1 saturated carbocycles. The summed E-state index contributed by atoms with van der Waals surface area (Å²) < 4.78 is 28.1. The van der Waals surface area contributed by atoms with Gasteiger partial charge >= 0.3 is 0 Å². The number of carbonyl (C=O) groups excluding carboxylic acids is 1. The van der Waals surface area contributed by atoms with Crippen LogP contribution in [0.1, 0.15) is 29.0 Å². The van der Waals surface area contributed by atoms with Crippen LogP contribution in [0.4, 0.5) is 0 Å². The predicted molar refractivity (Wildman–Crippen MR) is 72.3 cm³/mol. The number of amides is 1. The molecule has 0 atom stereocenters. The SMILES string of the molecule is COCCN(C(=O)c1n[nH]c(C)c1S(=O)(=O)Cl)C1CC1. The van der Waals surface area contributed by atoms with Crippen LogP contribution in [0.25, 0.3) is 0 Å². The summed E-state index contributed by atoms with van der Waals surface area (Å²) in [5, 5.41) is 6.30. The van der Waals surface area contributed by atoms with Gasteiger partial charge in [-0.3, -0.25) is 9.89 Å². The zero-order chi connectivity index (χ0) is 14.9. The minimum absolute atomic E-state index is 0.125. The molecular weight excluding hydrogens is 306 g/mol. The average molecular weight is 322 g/mol. The van der Waals surface area contributed by atoms with Crippen molar-refractivity contribution in [3.05, 3.63) is 11.4 Å². The zero-order valence-electron chi connectivity index (χ0n) is 11.2. The number of hydrogen-bond donors (Lipinski definition) is 1. The van der Waals surface area contributed by atoms with E-state index in [-0.39, 0.29) is 22.3 Å². The lowest BCUT2D eigenvalue weighted by Crippen LogP contribution is -2.36. The molecule has 0 aromatic carbocycles. The van der Waals surface area contributed by atoms with Gasteiger partial charge in [-0.2, -0.15) is 5.10 Å². The molecule has 1 fully saturated rings. The first-order valence-electron chi connectivity index (χ1n) is 6.15. The van der Waals surface area contributed by atoms with E-state index in [1.165, 1.54) is 6.92 Å². The average Bonchev–Trinajstić information content (AvgIpc) is 3.10. The lowest BCUT2D eigenvalue weighted by molar-refractivity contribution is 0.0670. The Morgan fingerprint density at radius 3 is 2.70 bits per heavy atom. The van der Waals surface area contributed by atoms with Crippen molar-refractivity contribution >= 4 is 25.6 Å². The molecule has 1 aliphatic rings. The Morgan fingerprint density at radius 2 is 2.20 bits per heavy atom. The highest BCUT2D eigenvalue weighted by molar-refractivity contribution is 8.13. The third kappa shape index (κ3) is 3.13. The van der Waals surface area contributed by atoms with E-state index in [0.717, 1.165) is 12.8 Å². The molecule has 9 heteroatoms. The number of ether oxygens (including phenoxy) is 1. The number of aryl methyl sites for hydroxylation is 1. The molecule has 1 heterocycles. The van der Waals surface area contributed by atoms with Gasteiger partial charge < -0.3 is 9.64 Å². The lowest BCUT2D eigenvalue weighted by Gasteiger charge is -2.21. The molecule has 7 nitrogen and oxygen atoms in total. The highest BCUT2D eigenvalue weighted by atomic mass is 35.7. The van der Waals surface area contributed by atoms with Gasteiger partial charge in [0.25, 0.3) is 15.0 Å².